The molecule has 0 fully saturated rings. The van der Waals surface area contributed by atoms with Crippen LogP contribution in [0.2, 0.25) is 0 Å². The van der Waals surface area contributed by atoms with Crippen molar-refractivity contribution >= 4 is 5.57 Å². The molecule has 0 saturated carbocycles. The number of benzene rings is 2. The maximum absolute atomic E-state index is 9.39. The number of allylic oxidation sites excluding steroid dienone is 2. The minimum Gasteiger partial charge on any atom is -0.497 e. The van der Waals surface area contributed by atoms with Gasteiger partial charge in [-0.05, 0) is 72.7 Å². The minimum atomic E-state index is 0.549. The smallest absolute Gasteiger partial charge is 0.119 e. The van der Waals surface area contributed by atoms with Crippen LogP contribution in [0.1, 0.15) is 41.7 Å². The molecule has 124 valence electrons. The lowest BCUT2D eigenvalue weighted by Crippen LogP contribution is -2.00. The fourth-order valence-electron chi connectivity index (χ4n) is 2.80. The van der Waals surface area contributed by atoms with Gasteiger partial charge in [0.2, 0.25) is 0 Å². The van der Waals surface area contributed by atoms with Crippen LogP contribution in [-0.2, 0) is 12.8 Å². The van der Waals surface area contributed by atoms with E-state index in [9.17, 15) is 5.26 Å². The highest BCUT2D eigenvalue weighted by Crippen LogP contribution is 2.25. The van der Waals surface area contributed by atoms with E-state index < -0.39 is 0 Å². The second kappa shape index (κ2) is 7.70. The van der Waals surface area contributed by atoms with Crippen LogP contribution < -0.4 is 10.5 Å². The Hall–Kier alpha value is -2.73. The third kappa shape index (κ3) is 3.97. The van der Waals surface area contributed by atoms with Gasteiger partial charge >= 0.3 is 0 Å². The largest absolute Gasteiger partial charge is 0.497 e. The summed E-state index contributed by atoms with van der Waals surface area (Å²) in [4.78, 5) is 0. The van der Waals surface area contributed by atoms with Crippen molar-refractivity contribution in [2.75, 3.05) is 7.11 Å². The van der Waals surface area contributed by atoms with E-state index >= 15 is 0 Å². The Labute approximate surface area is 144 Å². The first-order valence-corrected chi connectivity index (χ1v) is 8.11. The van der Waals surface area contributed by atoms with Gasteiger partial charge in [0.15, 0.2) is 0 Å². The third-order valence-corrected chi connectivity index (χ3v) is 4.16. The summed E-state index contributed by atoms with van der Waals surface area (Å²) in [6, 6.07) is 14.8. The van der Waals surface area contributed by atoms with Crippen LogP contribution in [0.5, 0.6) is 5.75 Å². The molecule has 0 spiro atoms. The summed E-state index contributed by atoms with van der Waals surface area (Å²) in [5, 5.41) is 9.39. The predicted molar refractivity (Wildman–Crippen MR) is 98.8 cm³/mol. The molecular weight excluding hydrogens is 296 g/mol. The number of methoxy groups -OCH3 is 1. The van der Waals surface area contributed by atoms with E-state index in [0.29, 0.717) is 11.3 Å². The molecule has 0 bridgehead atoms. The number of aryl methyl sites for hydroxylation is 2. The van der Waals surface area contributed by atoms with E-state index in [1.165, 1.54) is 11.1 Å². The number of nitrogens with two attached hydrogens (primary N) is 1. The number of nitriles is 1. The Kier molecular flexibility index (Phi) is 5.65. The Morgan fingerprint density at radius 3 is 2.42 bits per heavy atom. The summed E-state index contributed by atoms with van der Waals surface area (Å²) in [7, 11) is 1.69. The van der Waals surface area contributed by atoms with E-state index in [1.54, 1.807) is 14.0 Å². The number of rotatable bonds is 5. The van der Waals surface area contributed by atoms with Gasteiger partial charge in [-0.25, -0.2) is 0 Å². The van der Waals surface area contributed by atoms with Crippen LogP contribution in [0.3, 0.4) is 0 Å². The standard InChI is InChI=1S/C21H24N2O/c1-5-16-8-18(11-19(10-16)24-4)9-17-7-6-14(2)20(12-17)21(13-22)15(3)23/h6-8,10-12H,5,9,23H2,1-4H3/b21-15+. The minimum absolute atomic E-state index is 0.549. The Balaban J connectivity index is 2.42. The van der Waals surface area contributed by atoms with Crippen LogP contribution in [-0.4, -0.2) is 7.11 Å². The first kappa shape index (κ1) is 17.6. The van der Waals surface area contributed by atoms with Crippen molar-refractivity contribution in [3.63, 3.8) is 0 Å². The lowest BCUT2D eigenvalue weighted by atomic mass is 9.94. The molecule has 0 aliphatic rings. The molecule has 0 atom stereocenters. The van der Waals surface area contributed by atoms with Crippen LogP contribution >= 0.6 is 0 Å². The molecular formula is C21H24N2O. The van der Waals surface area contributed by atoms with Crippen molar-refractivity contribution < 1.29 is 4.74 Å². The van der Waals surface area contributed by atoms with E-state index in [4.69, 9.17) is 10.5 Å². The zero-order chi connectivity index (χ0) is 17.7. The molecule has 0 aliphatic carbocycles. The molecule has 24 heavy (non-hydrogen) atoms. The summed E-state index contributed by atoms with van der Waals surface area (Å²) >= 11 is 0. The fourth-order valence-corrected chi connectivity index (χ4v) is 2.80. The molecule has 2 N–H and O–H groups in total. The summed E-state index contributed by atoms with van der Waals surface area (Å²) in [5.74, 6) is 0.882. The zero-order valence-corrected chi connectivity index (χ0v) is 14.8. The lowest BCUT2D eigenvalue weighted by molar-refractivity contribution is 0.414. The van der Waals surface area contributed by atoms with Crippen LogP contribution in [0.4, 0.5) is 0 Å². The summed E-state index contributed by atoms with van der Waals surface area (Å²) in [6.45, 7) is 5.90. The van der Waals surface area contributed by atoms with Gasteiger partial charge in [-0.1, -0.05) is 25.1 Å². The summed E-state index contributed by atoms with van der Waals surface area (Å²) in [5.41, 5.74) is 12.5. The number of hydrogen-bond acceptors (Lipinski definition) is 3. The van der Waals surface area contributed by atoms with Crippen molar-refractivity contribution in [2.24, 2.45) is 5.73 Å². The average Bonchev–Trinajstić information content (AvgIpc) is 2.57. The van der Waals surface area contributed by atoms with Gasteiger partial charge in [0.05, 0.1) is 12.7 Å². The molecule has 2 aromatic carbocycles. The molecule has 0 unspecified atom stereocenters. The molecule has 0 heterocycles. The highest BCUT2D eigenvalue weighted by atomic mass is 16.5. The second-order valence-corrected chi connectivity index (χ2v) is 6.04. The third-order valence-electron chi connectivity index (χ3n) is 4.16. The van der Waals surface area contributed by atoms with Gasteiger partial charge in [-0.2, -0.15) is 5.26 Å². The van der Waals surface area contributed by atoms with Crippen LogP contribution in [0.25, 0.3) is 5.57 Å². The molecule has 2 aromatic rings. The highest BCUT2D eigenvalue weighted by molar-refractivity contribution is 5.80. The fraction of sp³-hybridized carbons (Fsp3) is 0.286. The van der Waals surface area contributed by atoms with Crippen molar-refractivity contribution in [1.82, 2.24) is 0 Å². The van der Waals surface area contributed by atoms with Gasteiger partial charge in [-0.3, -0.25) is 0 Å². The SMILES string of the molecule is CCc1cc(Cc2ccc(C)c(/C(C#N)=C(\C)N)c2)cc(OC)c1. The predicted octanol–water partition coefficient (Wildman–Crippen LogP) is 4.37. The first-order valence-electron chi connectivity index (χ1n) is 8.11. The van der Waals surface area contributed by atoms with Crippen molar-refractivity contribution in [2.45, 2.75) is 33.6 Å². The molecule has 0 aliphatic heterocycles. The van der Waals surface area contributed by atoms with Gasteiger partial charge in [0, 0.05) is 5.70 Å². The first-order chi connectivity index (χ1) is 11.5. The number of nitrogens with zero attached hydrogens (tertiary/aromatic N) is 1. The second-order valence-electron chi connectivity index (χ2n) is 6.04. The Morgan fingerprint density at radius 2 is 1.83 bits per heavy atom. The van der Waals surface area contributed by atoms with Gasteiger partial charge < -0.3 is 10.5 Å². The number of ether oxygens (including phenoxy) is 1. The monoisotopic (exact) mass is 320 g/mol. The Morgan fingerprint density at radius 1 is 1.12 bits per heavy atom. The summed E-state index contributed by atoms with van der Waals surface area (Å²) < 4.78 is 5.40. The summed E-state index contributed by atoms with van der Waals surface area (Å²) in [6.07, 6.45) is 1.76. The van der Waals surface area contributed by atoms with Gasteiger partial charge in [0.1, 0.15) is 11.8 Å². The van der Waals surface area contributed by atoms with Crippen molar-refractivity contribution in [1.29, 1.82) is 5.26 Å². The molecule has 2 rings (SSSR count). The van der Waals surface area contributed by atoms with Crippen molar-refractivity contribution in [3.8, 4) is 11.8 Å². The van der Waals surface area contributed by atoms with E-state index in [0.717, 1.165) is 35.3 Å². The molecule has 3 nitrogen and oxygen atoms in total. The van der Waals surface area contributed by atoms with E-state index in [1.807, 2.05) is 13.0 Å². The lowest BCUT2D eigenvalue weighted by Gasteiger charge is -2.11. The maximum Gasteiger partial charge on any atom is 0.119 e. The zero-order valence-electron chi connectivity index (χ0n) is 14.8. The normalized spacial score (nSPS) is 11.6. The van der Waals surface area contributed by atoms with Crippen LogP contribution in [0.15, 0.2) is 42.1 Å². The average molecular weight is 320 g/mol. The topological polar surface area (TPSA) is 59.0 Å². The van der Waals surface area contributed by atoms with Gasteiger partial charge in [0.25, 0.3) is 0 Å². The molecule has 0 aromatic heterocycles. The Bertz CT molecular complexity index is 787. The van der Waals surface area contributed by atoms with Crippen LogP contribution in [0, 0.1) is 18.3 Å². The number of hydrogen-bond donors (Lipinski definition) is 1. The maximum atomic E-state index is 9.39. The molecule has 3 heteroatoms. The molecule has 0 radical (unpaired) electrons. The van der Waals surface area contributed by atoms with Crippen molar-refractivity contribution in [3.05, 3.63) is 69.9 Å². The highest BCUT2D eigenvalue weighted by Gasteiger charge is 2.09. The van der Waals surface area contributed by atoms with E-state index in [2.05, 4.69) is 43.3 Å². The molecule has 0 saturated heterocycles. The van der Waals surface area contributed by atoms with E-state index in [-0.39, 0.29) is 0 Å². The quantitative estimate of drug-likeness (QED) is 0.832. The molecule has 0 amide bonds. The van der Waals surface area contributed by atoms with Gasteiger partial charge in [-0.15, -0.1) is 0 Å².